The number of hydrogen-bond donors (Lipinski definition) is 6. The van der Waals surface area contributed by atoms with Gasteiger partial charge in [-0.3, -0.25) is 4.57 Å². The van der Waals surface area contributed by atoms with Crippen LogP contribution in [0.1, 0.15) is 6.42 Å². The molecule has 0 spiro atoms. The number of aliphatic hydroxyl groups excluding tert-OH is 3. The van der Waals surface area contributed by atoms with Crippen LogP contribution in [0.15, 0.2) is 0 Å². The molecule has 5 unspecified atom stereocenters. The molecule has 0 aromatic heterocycles. The predicted molar refractivity (Wildman–Crippen MR) is 46.1 cm³/mol. The second kappa shape index (κ2) is 3.86. The number of hydrogen-bond acceptors (Lipinski definition) is 5. The Kier molecular flexibility index (Phi) is 3.33. The molecule has 0 aromatic carbocycles. The van der Waals surface area contributed by atoms with E-state index in [-0.39, 0.29) is 6.42 Å². The van der Waals surface area contributed by atoms with Gasteiger partial charge >= 0.3 is 7.60 Å². The third kappa shape index (κ3) is 2.14. The van der Waals surface area contributed by atoms with Crippen molar-refractivity contribution in [2.45, 2.75) is 30.5 Å². The van der Waals surface area contributed by atoms with E-state index in [0.717, 1.165) is 0 Å². The lowest BCUT2D eigenvalue weighted by molar-refractivity contribution is -0.00875. The predicted octanol–water partition coefficient (Wildman–Crippen LogP) is -2.45. The zero-order valence-corrected chi connectivity index (χ0v) is 8.16. The van der Waals surface area contributed by atoms with Crippen LogP contribution in [0.4, 0.5) is 0 Å². The van der Waals surface area contributed by atoms with Gasteiger partial charge in [0, 0.05) is 12.0 Å². The van der Waals surface area contributed by atoms with Gasteiger partial charge < -0.3 is 30.8 Å². The van der Waals surface area contributed by atoms with Crippen LogP contribution in [0.2, 0.25) is 0 Å². The van der Waals surface area contributed by atoms with E-state index in [0.29, 0.717) is 0 Å². The molecule has 5 atom stereocenters. The van der Waals surface area contributed by atoms with Crippen LogP contribution in [-0.4, -0.2) is 49.2 Å². The summed E-state index contributed by atoms with van der Waals surface area (Å²) in [5.41, 5.74) is 5.37. The van der Waals surface area contributed by atoms with Crippen LogP contribution in [0, 0.1) is 5.92 Å². The molecule has 1 saturated carbocycles. The minimum absolute atomic E-state index is 0.0192. The normalized spacial score (nSPS) is 41.3. The molecule has 1 rings (SSSR count). The lowest BCUT2D eigenvalue weighted by Crippen LogP contribution is -2.37. The molecule has 0 aromatic rings. The van der Waals surface area contributed by atoms with Crippen molar-refractivity contribution in [1.82, 2.24) is 0 Å². The summed E-state index contributed by atoms with van der Waals surface area (Å²) in [7, 11) is -4.67. The fourth-order valence-corrected chi connectivity index (χ4v) is 2.44. The van der Waals surface area contributed by atoms with E-state index < -0.39 is 37.6 Å². The van der Waals surface area contributed by atoms with Gasteiger partial charge in [-0.25, -0.2) is 0 Å². The SMILES string of the molecule is NC1CC(C(O)P(=O)(O)O)C(O)C1O. The summed E-state index contributed by atoms with van der Waals surface area (Å²) in [4.78, 5) is 17.3. The Bertz CT molecular complexity index is 255. The Morgan fingerprint density at radius 2 is 1.79 bits per heavy atom. The van der Waals surface area contributed by atoms with E-state index >= 15 is 0 Å². The highest BCUT2D eigenvalue weighted by Gasteiger charge is 2.48. The first-order chi connectivity index (χ1) is 6.25. The van der Waals surface area contributed by atoms with Crippen molar-refractivity contribution >= 4 is 7.60 Å². The maximum atomic E-state index is 10.7. The number of rotatable bonds is 2. The molecule has 0 amide bonds. The highest BCUT2D eigenvalue weighted by atomic mass is 31.2. The van der Waals surface area contributed by atoms with E-state index in [1.165, 1.54) is 0 Å². The van der Waals surface area contributed by atoms with Crippen LogP contribution in [0.25, 0.3) is 0 Å². The van der Waals surface area contributed by atoms with Crippen molar-refractivity contribution < 1.29 is 29.7 Å². The standard InChI is InChI=1S/C6H14NO6P/c7-3-1-2(4(8)5(3)9)6(10)14(11,12)13/h2-6,8-10H,1,7H2,(H2,11,12,13). The summed E-state index contributed by atoms with van der Waals surface area (Å²) in [5.74, 6) is -3.05. The average Bonchev–Trinajstić information content (AvgIpc) is 2.30. The van der Waals surface area contributed by atoms with Gasteiger partial charge in [-0.1, -0.05) is 0 Å². The zero-order chi connectivity index (χ0) is 11.1. The van der Waals surface area contributed by atoms with Crippen molar-refractivity contribution in [2.24, 2.45) is 11.7 Å². The molecule has 0 heterocycles. The topological polar surface area (TPSA) is 144 Å². The molecular formula is C6H14NO6P. The highest BCUT2D eigenvalue weighted by Crippen LogP contribution is 2.47. The van der Waals surface area contributed by atoms with Gasteiger partial charge in [0.2, 0.25) is 0 Å². The van der Waals surface area contributed by atoms with Crippen molar-refractivity contribution in [2.75, 3.05) is 0 Å². The van der Waals surface area contributed by atoms with Crippen molar-refractivity contribution in [3.8, 4) is 0 Å². The molecule has 1 aliphatic rings. The van der Waals surface area contributed by atoms with Crippen LogP contribution in [0.5, 0.6) is 0 Å². The van der Waals surface area contributed by atoms with Crippen LogP contribution in [0.3, 0.4) is 0 Å². The molecule has 7 N–H and O–H groups in total. The van der Waals surface area contributed by atoms with Gasteiger partial charge in [0.25, 0.3) is 0 Å². The number of aliphatic hydroxyl groups is 3. The first kappa shape index (κ1) is 12.1. The molecule has 8 heteroatoms. The third-order valence-corrected chi connectivity index (χ3v) is 3.57. The second-order valence-electron chi connectivity index (χ2n) is 3.55. The Morgan fingerprint density at radius 3 is 2.07 bits per heavy atom. The first-order valence-corrected chi connectivity index (χ1v) is 5.78. The largest absolute Gasteiger partial charge is 0.390 e. The molecule has 0 saturated heterocycles. The van der Waals surface area contributed by atoms with Crippen LogP contribution < -0.4 is 5.73 Å². The molecule has 1 aliphatic carbocycles. The molecule has 84 valence electrons. The Labute approximate surface area is 80.3 Å². The summed E-state index contributed by atoms with van der Waals surface area (Å²) >= 11 is 0. The van der Waals surface area contributed by atoms with Gasteiger partial charge in [-0.15, -0.1) is 0 Å². The minimum Gasteiger partial charge on any atom is -0.390 e. The Morgan fingerprint density at radius 1 is 1.29 bits per heavy atom. The van der Waals surface area contributed by atoms with E-state index in [9.17, 15) is 19.9 Å². The zero-order valence-electron chi connectivity index (χ0n) is 7.26. The monoisotopic (exact) mass is 227 g/mol. The molecule has 7 nitrogen and oxygen atoms in total. The van der Waals surface area contributed by atoms with Gasteiger partial charge in [0.05, 0.1) is 12.2 Å². The lowest BCUT2D eigenvalue weighted by Gasteiger charge is -2.22. The summed E-state index contributed by atoms with van der Waals surface area (Å²) in [5, 5.41) is 27.7. The summed E-state index contributed by atoms with van der Waals surface area (Å²) in [6.07, 6.45) is -2.66. The Hall–Kier alpha value is -0.0100. The smallest absolute Gasteiger partial charge is 0.354 e. The lowest BCUT2D eigenvalue weighted by atomic mass is 10.1. The van der Waals surface area contributed by atoms with Gasteiger partial charge in [0.15, 0.2) is 5.85 Å². The van der Waals surface area contributed by atoms with Gasteiger partial charge in [-0.2, -0.15) is 0 Å². The molecule has 0 aliphatic heterocycles. The van der Waals surface area contributed by atoms with Crippen molar-refractivity contribution in [3.63, 3.8) is 0 Å². The maximum absolute atomic E-state index is 10.7. The van der Waals surface area contributed by atoms with Gasteiger partial charge in [-0.05, 0) is 6.42 Å². The van der Waals surface area contributed by atoms with Crippen LogP contribution >= 0.6 is 7.60 Å². The summed E-state index contributed by atoms with van der Waals surface area (Å²) in [6.45, 7) is 0. The van der Waals surface area contributed by atoms with E-state index in [1.54, 1.807) is 0 Å². The fraction of sp³-hybridized carbons (Fsp3) is 1.00. The molecule has 14 heavy (non-hydrogen) atoms. The Balaban J connectivity index is 2.76. The summed E-state index contributed by atoms with van der Waals surface area (Å²) in [6, 6.07) is -0.767. The quantitative estimate of drug-likeness (QED) is 0.287. The fourth-order valence-electron chi connectivity index (χ4n) is 1.65. The summed E-state index contributed by atoms with van der Waals surface area (Å²) < 4.78 is 10.7. The minimum atomic E-state index is -4.67. The second-order valence-corrected chi connectivity index (χ2v) is 5.25. The highest BCUT2D eigenvalue weighted by molar-refractivity contribution is 7.52. The van der Waals surface area contributed by atoms with Crippen molar-refractivity contribution in [1.29, 1.82) is 0 Å². The first-order valence-electron chi connectivity index (χ1n) is 4.10. The van der Waals surface area contributed by atoms with E-state index in [2.05, 4.69) is 0 Å². The molecule has 1 fully saturated rings. The van der Waals surface area contributed by atoms with E-state index in [4.69, 9.17) is 15.5 Å². The molecular weight excluding hydrogens is 213 g/mol. The average molecular weight is 227 g/mol. The molecule has 0 radical (unpaired) electrons. The third-order valence-electron chi connectivity index (χ3n) is 2.50. The van der Waals surface area contributed by atoms with Crippen molar-refractivity contribution in [3.05, 3.63) is 0 Å². The number of nitrogens with two attached hydrogens (primary N) is 1. The van der Waals surface area contributed by atoms with Crippen LogP contribution in [-0.2, 0) is 4.57 Å². The van der Waals surface area contributed by atoms with E-state index in [1.807, 2.05) is 0 Å². The van der Waals surface area contributed by atoms with Gasteiger partial charge in [0.1, 0.15) is 0 Å². The maximum Gasteiger partial charge on any atom is 0.354 e. The molecule has 0 bridgehead atoms.